The molecule has 1 aliphatic rings. The van der Waals surface area contributed by atoms with Crippen LogP contribution in [0.15, 0.2) is 28.2 Å². The minimum absolute atomic E-state index is 0.00657. The van der Waals surface area contributed by atoms with E-state index in [1.807, 2.05) is 0 Å². The molecule has 64 valence electrons. The van der Waals surface area contributed by atoms with E-state index in [2.05, 4.69) is 9.98 Å². The Morgan fingerprint density at radius 2 is 2.08 bits per heavy atom. The molecule has 0 radical (unpaired) electrons. The number of hydrogen-bond donors (Lipinski definition) is 1. The summed E-state index contributed by atoms with van der Waals surface area (Å²) in [5.74, 6) is -1.11. The van der Waals surface area contributed by atoms with Gasteiger partial charge in [-0.2, -0.15) is 9.98 Å². The first-order valence-electron chi connectivity index (χ1n) is 3.52. The number of carbonyl (C=O) groups excluding carboxylic acids is 1. The van der Waals surface area contributed by atoms with Crippen molar-refractivity contribution in [3.05, 3.63) is 34.5 Å². The van der Waals surface area contributed by atoms with Gasteiger partial charge >= 0.3 is 12.0 Å². The van der Waals surface area contributed by atoms with Crippen LogP contribution in [0.3, 0.4) is 0 Å². The number of carboxylic acids is 1. The van der Waals surface area contributed by atoms with Crippen LogP contribution in [-0.2, 0) is 0 Å². The van der Waals surface area contributed by atoms with Gasteiger partial charge in [-0.05, 0) is 12.1 Å². The Bertz CT molecular complexity index is 519. The van der Waals surface area contributed by atoms with Crippen LogP contribution in [-0.4, -0.2) is 17.1 Å². The van der Waals surface area contributed by atoms with Gasteiger partial charge in [-0.1, -0.05) is 6.07 Å². The maximum atomic E-state index is 10.7. The summed E-state index contributed by atoms with van der Waals surface area (Å²) in [5.41, 5.74) is 0.00657. The molecule has 1 aliphatic heterocycles. The molecule has 5 heteroatoms. The smallest absolute Gasteiger partial charge is 0.368 e. The number of rotatable bonds is 1. The molecule has 2 rings (SSSR count). The van der Waals surface area contributed by atoms with Gasteiger partial charge in [-0.15, -0.1) is 0 Å². The monoisotopic (exact) mass is 176 g/mol. The summed E-state index contributed by atoms with van der Waals surface area (Å²) in [5, 5.41) is 9.20. The molecule has 0 aromatic heterocycles. The molecule has 0 saturated carbocycles. The minimum Gasteiger partial charge on any atom is -0.478 e. The van der Waals surface area contributed by atoms with Crippen molar-refractivity contribution in [3.8, 4) is 0 Å². The molecule has 1 aromatic carbocycles. The van der Waals surface area contributed by atoms with Crippen molar-refractivity contribution in [1.82, 2.24) is 0 Å². The Morgan fingerprint density at radius 3 is 2.77 bits per heavy atom. The van der Waals surface area contributed by atoms with Crippen molar-refractivity contribution in [2.75, 3.05) is 0 Å². The largest absolute Gasteiger partial charge is 0.478 e. The van der Waals surface area contributed by atoms with Crippen LogP contribution in [0.25, 0.3) is 0 Å². The zero-order chi connectivity index (χ0) is 9.42. The molecule has 13 heavy (non-hydrogen) atoms. The van der Waals surface area contributed by atoms with Gasteiger partial charge in [0.15, 0.2) is 0 Å². The number of benzene rings is 1. The molecule has 0 atom stereocenters. The predicted molar refractivity (Wildman–Crippen MR) is 41.1 cm³/mol. The topological polar surface area (TPSA) is 79.1 Å². The molecule has 0 bridgehead atoms. The van der Waals surface area contributed by atoms with Crippen LogP contribution in [0, 0.1) is 0 Å². The van der Waals surface area contributed by atoms with Gasteiger partial charge < -0.3 is 5.11 Å². The highest BCUT2D eigenvalue weighted by molar-refractivity contribution is 5.88. The molecule has 0 saturated heterocycles. The van der Waals surface area contributed by atoms with Crippen molar-refractivity contribution in [3.63, 3.8) is 0 Å². The highest BCUT2D eigenvalue weighted by Gasteiger charge is 2.12. The van der Waals surface area contributed by atoms with Crippen molar-refractivity contribution < 1.29 is 14.7 Å². The van der Waals surface area contributed by atoms with E-state index in [4.69, 9.17) is 5.11 Å². The van der Waals surface area contributed by atoms with Crippen LogP contribution < -0.4 is 10.7 Å². The molecule has 0 fully saturated rings. The predicted octanol–water partition coefficient (Wildman–Crippen LogP) is -0.242. The zero-order valence-electron chi connectivity index (χ0n) is 6.39. The fourth-order valence-electron chi connectivity index (χ4n) is 1.14. The minimum atomic E-state index is -1.11. The Kier molecular flexibility index (Phi) is 1.45. The van der Waals surface area contributed by atoms with Gasteiger partial charge in [-0.25, -0.2) is 9.59 Å². The standard InChI is InChI=1S/C8H4N2O3/c11-7(12)4-2-1-3-5-6(4)10-8(13)9-5/h1-3H,(H,11,12). The molecule has 0 spiro atoms. The lowest BCUT2D eigenvalue weighted by atomic mass is 10.2. The number of carboxylic acid groups (broad SMARTS) is 1. The first-order chi connectivity index (χ1) is 6.18. The summed E-state index contributed by atoms with van der Waals surface area (Å²) < 4.78 is 0. The summed E-state index contributed by atoms with van der Waals surface area (Å²) in [6.07, 6.45) is 0. The lowest BCUT2D eigenvalue weighted by molar-refractivity contribution is 0.0695. The Labute approximate surface area is 72.1 Å². The fourth-order valence-corrected chi connectivity index (χ4v) is 1.14. The second-order valence-corrected chi connectivity index (χ2v) is 2.48. The number of hydrogen-bond acceptors (Lipinski definition) is 2. The van der Waals surface area contributed by atoms with Gasteiger partial charge in [0.1, 0.15) is 5.36 Å². The summed E-state index contributed by atoms with van der Waals surface area (Å²) >= 11 is 0. The third-order valence-electron chi connectivity index (χ3n) is 1.67. The number of aromatic carboxylic acids is 1. The molecular weight excluding hydrogens is 172 g/mol. The quantitative estimate of drug-likeness (QED) is 0.641. The highest BCUT2D eigenvalue weighted by Crippen LogP contribution is 1.92. The SMILES string of the molecule is O=C1N=c2cccc(C(=O)O)c2=N1. The lowest BCUT2D eigenvalue weighted by Crippen LogP contribution is -2.28. The van der Waals surface area contributed by atoms with Crippen LogP contribution in [0.5, 0.6) is 0 Å². The van der Waals surface area contributed by atoms with Gasteiger partial charge in [0.05, 0.1) is 10.9 Å². The van der Waals surface area contributed by atoms with E-state index in [-0.39, 0.29) is 10.9 Å². The first-order valence-corrected chi connectivity index (χ1v) is 3.52. The maximum Gasteiger partial charge on any atom is 0.368 e. The summed E-state index contributed by atoms with van der Waals surface area (Å²) in [4.78, 5) is 28.4. The second-order valence-electron chi connectivity index (χ2n) is 2.48. The number of urea groups is 1. The first kappa shape index (κ1) is 7.60. The van der Waals surface area contributed by atoms with E-state index in [1.165, 1.54) is 12.1 Å². The van der Waals surface area contributed by atoms with E-state index in [0.29, 0.717) is 5.36 Å². The van der Waals surface area contributed by atoms with E-state index in [1.54, 1.807) is 6.07 Å². The second kappa shape index (κ2) is 2.48. The molecule has 5 nitrogen and oxygen atoms in total. The molecule has 1 aromatic rings. The summed E-state index contributed by atoms with van der Waals surface area (Å²) in [6, 6.07) is 3.82. The Balaban J connectivity index is 2.88. The van der Waals surface area contributed by atoms with E-state index < -0.39 is 12.0 Å². The average molecular weight is 176 g/mol. The summed E-state index contributed by atoms with van der Waals surface area (Å²) in [7, 11) is 0. The molecular formula is C8H4N2O3. The normalized spacial score (nSPS) is 13.1. The molecule has 2 amide bonds. The van der Waals surface area contributed by atoms with E-state index in [0.717, 1.165) is 0 Å². The third-order valence-corrected chi connectivity index (χ3v) is 1.67. The van der Waals surface area contributed by atoms with Gasteiger partial charge in [-0.3, -0.25) is 0 Å². The van der Waals surface area contributed by atoms with E-state index in [9.17, 15) is 9.59 Å². The van der Waals surface area contributed by atoms with Crippen molar-refractivity contribution >= 4 is 12.0 Å². The van der Waals surface area contributed by atoms with Crippen molar-refractivity contribution in [2.45, 2.75) is 0 Å². The van der Waals surface area contributed by atoms with Gasteiger partial charge in [0.2, 0.25) is 0 Å². The van der Waals surface area contributed by atoms with Crippen LogP contribution >= 0.6 is 0 Å². The Hall–Kier alpha value is -2.04. The molecule has 1 heterocycles. The number of amides is 2. The van der Waals surface area contributed by atoms with Crippen LogP contribution in [0.1, 0.15) is 10.4 Å². The van der Waals surface area contributed by atoms with Gasteiger partial charge in [0.25, 0.3) is 0 Å². The zero-order valence-corrected chi connectivity index (χ0v) is 6.39. The van der Waals surface area contributed by atoms with Crippen molar-refractivity contribution in [1.29, 1.82) is 0 Å². The molecule has 1 N–H and O–H groups in total. The maximum absolute atomic E-state index is 10.7. The third kappa shape index (κ3) is 1.10. The van der Waals surface area contributed by atoms with Crippen molar-refractivity contribution in [2.24, 2.45) is 9.98 Å². The fraction of sp³-hybridized carbons (Fsp3) is 0. The number of carbonyl (C=O) groups is 2. The Morgan fingerprint density at radius 1 is 1.31 bits per heavy atom. The van der Waals surface area contributed by atoms with Gasteiger partial charge in [0, 0.05) is 0 Å². The number of fused-ring (bicyclic) bond motifs is 1. The molecule has 0 unspecified atom stereocenters. The summed E-state index contributed by atoms with van der Waals surface area (Å²) in [6.45, 7) is 0. The van der Waals surface area contributed by atoms with Crippen LogP contribution in [0.2, 0.25) is 0 Å². The van der Waals surface area contributed by atoms with E-state index >= 15 is 0 Å². The molecule has 0 aliphatic carbocycles. The highest BCUT2D eigenvalue weighted by atomic mass is 16.4. The number of nitrogens with zero attached hydrogens (tertiary/aromatic N) is 2. The van der Waals surface area contributed by atoms with Crippen LogP contribution in [0.4, 0.5) is 4.79 Å². The lowest BCUT2D eigenvalue weighted by Gasteiger charge is -1.90. The average Bonchev–Trinajstić information content (AvgIpc) is 2.43. The number of para-hydroxylation sites is 1.